The summed E-state index contributed by atoms with van der Waals surface area (Å²) in [5, 5.41) is 14.6. The second-order valence-electron chi connectivity index (χ2n) is 5.55. The van der Waals surface area contributed by atoms with Crippen molar-refractivity contribution in [2.75, 3.05) is 12.8 Å². The van der Waals surface area contributed by atoms with Crippen molar-refractivity contribution < 1.29 is 18.5 Å². The Bertz CT molecular complexity index is 1000. The lowest BCUT2D eigenvalue weighted by atomic mass is 10.2. The molecule has 0 aliphatic rings. The van der Waals surface area contributed by atoms with E-state index in [1.54, 1.807) is 30.3 Å². The molecular formula is C18H17FN6O3. The van der Waals surface area contributed by atoms with Gasteiger partial charge in [0.15, 0.2) is 28.8 Å². The number of methoxy groups -OCH3 is 1. The summed E-state index contributed by atoms with van der Waals surface area (Å²) in [4.78, 5) is 0. The largest absolute Gasteiger partial charge is 0.493 e. The molecule has 0 saturated heterocycles. The van der Waals surface area contributed by atoms with E-state index in [0.717, 1.165) is 5.56 Å². The summed E-state index contributed by atoms with van der Waals surface area (Å²) in [6.07, 6.45) is 1.48. The monoisotopic (exact) mass is 384 g/mol. The maximum atomic E-state index is 13.0. The number of anilines is 1. The molecular weight excluding hydrogens is 367 g/mol. The quantitative estimate of drug-likeness (QED) is 0.362. The van der Waals surface area contributed by atoms with Crippen molar-refractivity contribution in [1.82, 2.24) is 10.3 Å². The third-order valence-electron chi connectivity index (χ3n) is 3.62. The van der Waals surface area contributed by atoms with E-state index >= 15 is 0 Å². The van der Waals surface area contributed by atoms with Crippen molar-refractivity contribution in [2.45, 2.75) is 6.61 Å². The van der Waals surface area contributed by atoms with Crippen molar-refractivity contribution >= 4 is 17.9 Å². The molecule has 0 spiro atoms. The Kier molecular flexibility index (Phi) is 5.80. The average molecular weight is 384 g/mol. The van der Waals surface area contributed by atoms with Gasteiger partial charge in [0.1, 0.15) is 12.4 Å². The molecule has 0 radical (unpaired) electrons. The molecule has 10 heteroatoms. The van der Waals surface area contributed by atoms with Crippen LogP contribution in [0.1, 0.15) is 16.8 Å². The van der Waals surface area contributed by atoms with Crippen LogP contribution in [0.5, 0.6) is 11.5 Å². The zero-order chi connectivity index (χ0) is 19.9. The van der Waals surface area contributed by atoms with Gasteiger partial charge in [-0.3, -0.25) is 0 Å². The molecule has 0 aliphatic heterocycles. The lowest BCUT2D eigenvalue weighted by molar-refractivity contribution is 0.284. The Morgan fingerprint density at radius 1 is 1.18 bits per heavy atom. The highest BCUT2D eigenvalue weighted by atomic mass is 19.1. The van der Waals surface area contributed by atoms with Crippen molar-refractivity contribution in [3.05, 3.63) is 65.1 Å². The number of hydrogen-bond acceptors (Lipinski definition) is 8. The number of halogens is 1. The highest BCUT2D eigenvalue weighted by Crippen LogP contribution is 2.28. The van der Waals surface area contributed by atoms with Crippen molar-refractivity contribution in [3.8, 4) is 11.5 Å². The van der Waals surface area contributed by atoms with E-state index in [4.69, 9.17) is 20.9 Å². The van der Waals surface area contributed by atoms with Gasteiger partial charge in [0.25, 0.3) is 0 Å². The summed E-state index contributed by atoms with van der Waals surface area (Å²) in [6, 6.07) is 11.3. The van der Waals surface area contributed by atoms with Crippen LogP contribution in [0.4, 0.5) is 10.2 Å². The fraction of sp³-hybridized carbons (Fsp3) is 0.111. The number of hydrogen-bond donors (Lipinski definition) is 2. The van der Waals surface area contributed by atoms with Gasteiger partial charge in [0.2, 0.25) is 0 Å². The summed E-state index contributed by atoms with van der Waals surface area (Å²) in [7, 11) is 1.53. The zero-order valence-corrected chi connectivity index (χ0v) is 14.9. The van der Waals surface area contributed by atoms with Crippen molar-refractivity contribution in [2.24, 2.45) is 15.9 Å². The first-order chi connectivity index (χ1) is 13.6. The minimum Gasteiger partial charge on any atom is -0.493 e. The molecule has 1 aromatic heterocycles. The molecule has 0 aliphatic carbocycles. The molecule has 3 rings (SSSR count). The Labute approximate surface area is 159 Å². The van der Waals surface area contributed by atoms with E-state index in [0.29, 0.717) is 17.1 Å². The summed E-state index contributed by atoms with van der Waals surface area (Å²) in [5.74, 6) is 0.749. The minimum absolute atomic E-state index is 0.0267. The van der Waals surface area contributed by atoms with Crippen LogP contribution >= 0.6 is 0 Å². The highest BCUT2D eigenvalue weighted by Gasteiger charge is 2.10. The number of nitrogen functional groups attached to an aromatic ring is 1. The van der Waals surface area contributed by atoms with Gasteiger partial charge in [-0.15, -0.1) is 5.10 Å². The van der Waals surface area contributed by atoms with Gasteiger partial charge >= 0.3 is 0 Å². The van der Waals surface area contributed by atoms with E-state index < -0.39 is 0 Å². The second kappa shape index (κ2) is 8.62. The molecule has 0 bridgehead atoms. The molecule has 144 valence electrons. The van der Waals surface area contributed by atoms with Gasteiger partial charge in [-0.1, -0.05) is 12.1 Å². The summed E-state index contributed by atoms with van der Waals surface area (Å²) in [5.41, 5.74) is 12.9. The average Bonchev–Trinajstić information content (AvgIpc) is 3.14. The van der Waals surface area contributed by atoms with Gasteiger partial charge < -0.3 is 20.9 Å². The van der Waals surface area contributed by atoms with E-state index in [-0.39, 0.29) is 29.8 Å². The third kappa shape index (κ3) is 4.61. The van der Waals surface area contributed by atoms with E-state index in [1.165, 1.54) is 25.5 Å². The Balaban J connectivity index is 1.68. The predicted octanol–water partition coefficient (Wildman–Crippen LogP) is 2.12. The number of ether oxygens (including phenoxy) is 2. The molecule has 2 aromatic carbocycles. The molecule has 0 amide bonds. The van der Waals surface area contributed by atoms with Crippen LogP contribution in [0.3, 0.4) is 0 Å². The first-order valence-corrected chi connectivity index (χ1v) is 8.07. The minimum atomic E-state index is -0.296. The van der Waals surface area contributed by atoms with Crippen LogP contribution in [0.25, 0.3) is 0 Å². The smallest absolute Gasteiger partial charge is 0.199 e. The van der Waals surface area contributed by atoms with Crippen LogP contribution < -0.4 is 20.9 Å². The van der Waals surface area contributed by atoms with Crippen LogP contribution in [0, 0.1) is 5.82 Å². The number of amidine groups is 1. The van der Waals surface area contributed by atoms with Gasteiger partial charge in [-0.05, 0) is 51.8 Å². The number of benzene rings is 2. The lowest BCUT2D eigenvalue weighted by Crippen LogP contribution is -2.15. The number of rotatable bonds is 7. The van der Waals surface area contributed by atoms with Gasteiger partial charge in [0, 0.05) is 0 Å². The number of nitrogens with zero attached hydrogens (tertiary/aromatic N) is 4. The molecule has 28 heavy (non-hydrogen) atoms. The Morgan fingerprint density at radius 2 is 1.96 bits per heavy atom. The first-order valence-electron chi connectivity index (χ1n) is 8.07. The molecule has 1 heterocycles. The third-order valence-corrected chi connectivity index (χ3v) is 3.62. The topological polar surface area (TPSA) is 134 Å². The number of nitrogens with two attached hydrogens (primary N) is 2. The molecule has 0 unspecified atom stereocenters. The van der Waals surface area contributed by atoms with Crippen molar-refractivity contribution in [3.63, 3.8) is 0 Å². The standard InChI is InChI=1S/C18H17FN6O3/c1-26-15-8-12(9-22-23-17(20)16-18(21)25-28-24-16)4-7-14(15)27-10-11-2-5-13(19)6-3-11/h2-9H,10H2,1H3,(H2,20,23)(H2,21,25)/b22-9+. The first kappa shape index (κ1) is 18.8. The fourth-order valence-electron chi connectivity index (χ4n) is 2.20. The van der Waals surface area contributed by atoms with E-state index in [9.17, 15) is 4.39 Å². The van der Waals surface area contributed by atoms with Crippen LogP contribution in [0.15, 0.2) is 57.3 Å². The maximum Gasteiger partial charge on any atom is 0.199 e. The Morgan fingerprint density at radius 3 is 2.64 bits per heavy atom. The SMILES string of the molecule is COc1cc(/C=N/N=C(\N)c2nonc2N)ccc1OCc1ccc(F)cc1. The van der Waals surface area contributed by atoms with Gasteiger partial charge in [-0.2, -0.15) is 5.10 Å². The normalized spacial score (nSPS) is 11.7. The summed E-state index contributed by atoms with van der Waals surface area (Å²) < 4.78 is 28.5. The number of aromatic nitrogens is 2. The summed E-state index contributed by atoms with van der Waals surface area (Å²) >= 11 is 0. The summed E-state index contributed by atoms with van der Waals surface area (Å²) in [6.45, 7) is 0.276. The molecule has 0 saturated carbocycles. The van der Waals surface area contributed by atoms with E-state index in [2.05, 4.69) is 25.1 Å². The van der Waals surface area contributed by atoms with Crippen LogP contribution in [-0.2, 0) is 6.61 Å². The van der Waals surface area contributed by atoms with Gasteiger partial charge in [0.05, 0.1) is 13.3 Å². The Hall–Kier alpha value is -3.95. The second-order valence-corrected chi connectivity index (χ2v) is 5.55. The van der Waals surface area contributed by atoms with Crippen molar-refractivity contribution in [1.29, 1.82) is 0 Å². The van der Waals surface area contributed by atoms with Gasteiger partial charge in [-0.25, -0.2) is 9.02 Å². The zero-order valence-electron chi connectivity index (χ0n) is 14.9. The molecule has 0 fully saturated rings. The molecule has 0 atom stereocenters. The fourth-order valence-corrected chi connectivity index (χ4v) is 2.20. The predicted molar refractivity (Wildman–Crippen MR) is 101 cm³/mol. The van der Waals surface area contributed by atoms with Crippen LogP contribution in [0.2, 0.25) is 0 Å². The molecule has 9 nitrogen and oxygen atoms in total. The van der Waals surface area contributed by atoms with E-state index in [1.807, 2.05) is 0 Å². The molecule has 3 aromatic rings. The lowest BCUT2D eigenvalue weighted by Gasteiger charge is -2.11. The maximum absolute atomic E-state index is 13.0. The van der Waals surface area contributed by atoms with Crippen LogP contribution in [-0.4, -0.2) is 29.5 Å². The highest BCUT2D eigenvalue weighted by molar-refractivity contribution is 5.99. The molecule has 4 N–H and O–H groups in total.